The second-order valence-electron chi connectivity index (χ2n) is 3.92. The summed E-state index contributed by atoms with van der Waals surface area (Å²) in [5.74, 6) is 1.97. The molecular weight excluding hydrogens is 220 g/mol. The molecule has 1 aliphatic heterocycles. The molecule has 1 saturated heterocycles. The van der Waals surface area contributed by atoms with Gasteiger partial charge in [-0.1, -0.05) is 12.1 Å². The molecule has 1 heterocycles. The highest BCUT2D eigenvalue weighted by molar-refractivity contribution is 8.00. The van der Waals surface area contributed by atoms with Crippen molar-refractivity contribution in [3.05, 3.63) is 29.8 Å². The number of benzene rings is 1. The van der Waals surface area contributed by atoms with Gasteiger partial charge in [0.15, 0.2) is 0 Å². The number of nitrogens with zero attached hydrogens (tertiary/aromatic N) is 1. The summed E-state index contributed by atoms with van der Waals surface area (Å²) >= 11 is 1.72. The normalized spacial score (nSPS) is 16.5. The van der Waals surface area contributed by atoms with Crippen LogP contribution in [-0.2, 0) is 11.2 Å². The monoisotopic (exact) mass is 236 g/mol. The van der Waals surface area contributed by atoms with Crippen LogP contribution in [0.15, 0.2) is 24.3 Å². The molecule has 1 fully saturated rings. The average molecular weight is 236 g/mol. The van der Waals surface area contributed by atoms with Crippen molar-refractivity contribution in [2.24, 2.45) is 0 Å². The Kier molecular flexibility index (Phi) is 3.72. The molecule has 1 amide bonds. The lowest BCUT2D eigenvalue weighted by molar-refractivity contribution is -0.128. The van der Waals surface area contributed by atoms with Gasteiger partial charge in [0.2, 0.25) is 5.91 Å². The van der Waals surface area contributed by atoms with Gasteiger partial charge in [-0.25, -0.2) is 0 Å². The predicted octanol–water partition coefficient (Wildman–Crippen LogP) is 1.39. The van der Waals surface area contributed by atoms with E-state index in [2.05, 4.69) is 0 Å². The van der Waals surface area contributed by atoms with Gasteiger partial charge in [0, 0.05) is 24.5 Å². The molecule has 4 heteroatoms. The molecule has 0 aromatic heterocycles. The van der Waals surface area contributed by atoms with Gasteiger partial charge in [-0.15, -0.1) is 0 Å². The summed E-state index contributed by atoms with van der Waals surface area (Å²) in [6.07, 6.45) is 0.913. The fraction of sp³-hybridized carbons (Fsp3) is 0.417. The number of anilines is 1. The number of nitrogens with two attached hydrogens (primary N) is 1. The van der Waals surface area contributed by atoms with Crippen LogP contribution in [0.4, 0.5) is 5.69 Å². The third-order valence-corrected chi connectivity index (χ3v) is 3.66. The van der Waals surface area contributed by atoms with Crippen LogP contribution in [0.5, 0.6) is 0 Å². The van der Waals surface area contributed by atoms with E-state index in [4.69, 9.17) is 5.73 Å². The Morgan fingerprint density at radius 1 is 1.31 bits per heavy atom. The van der Waals surface area contributed by atoms with Crippen LogP contribution in [0.1, 0.15) is 5.56 Å². The molecule has 1 aromatic rings. The minimum Gasteiger partial charge on any atom is -0.399 e. The Morgan fingerprint density at radius 2 is 2.06 bits per heavy atom. The van der Waals surface area contributed by atoms with Crippen molar-refractivity contribution in [1.29, 1.82) is 0 Å². The molecular formula is C12H16N2OS. The van der Waals surface area contributed by atoms with Crippen LogP contribution in [-0.4, -0.2) is 35.4 Å². The zero-order valence-corrected chi connectivity index (χ0v) is 10.0. The first-order chi connectivity index (χ1) is 7.75. The quantitative estimate of drug-likeness (QED) is 0.807. The van der Waals surface area contributed by atoms with E-state index in [1.54, 1.807) is 11.8 Å². The molecule has 0 saturated carbocycles. The van der Waals surface area contributed by atoms with E-state index in [-0.39, 0.29) is 5.91 Å². The number of carbonyl (C=O) groups is 1. The zero-order chi connectivity index (χ0) is 11.4. The third-order valence-electron chi connectivity index (χ3n) is 2.73. The van der Waals surface area contributed by atoms with Gasteiger partial charge >= 0.3 is 0 Å². The van der Waals surface area contributed by atoms with E-state index >= 15 is 0 Å². The summed E-state index contributed by atoms with van der Waals surface area (Å²) in [6, 6.07) is 7.86. The van der Waals surface area contributed by atoms with Crippen molar-refractivity contribution >= 4 is 23.4 Å². The van der Waals surface area contributed by atoms with Crippen molar-refractivity contribution in [2.45, 2.75) is 6.42 Å². The van der Waals surface area contributed by atoms with E-state index in [9.17, 15) is 4.79 Å². The van der Waals surface area contributed by atoms with Gasteiger partial charge in [-0.2, -0.15) is 11.8 Å². The topological polar surface area (TPSA) is 46.3 Å². The van der Waals surface area contributed by atoms with Crippen molar-refractivity contribution in [3.8, 4) is 0 Å². The van der Waals surface area contributed by atoms with Crippen molar-refractivity contribution in [1.82, 2.24) is 4.90 Å². The number of hydrogen-bond acceptors (Lipinski definition) is 3. The molecule has 86 valence electrons. The molecule has 0 atom stereocenters. The van der Waals surface area contributed by atoms with Gasteiger partial charge in [0.1, 0.15) is 0 Å². The lowest BCUT2D eigenvalue weighted by Crippen LogP contribution is -2.39. The maximum Gasteiger partial charge on any atom is 0.232 e. The van der Waals surface area contributed by atoms with Gasteiger partial charge in [-0.3, -0.25) is 4.79 Å². The van der Waals surface area contributed by atoms with Crippen LogP contribution < -0.4 is 5.73 Å². The second kappa shape index (κ2) is 5.25. The van der Waals surface area contributed by atoms with E-state index in [1.807, 2.05) is 29.2 Å². The first-order valence-corrected chi connectivity index (χ1v) is 6.61. The Hall–Kier alpha value is -1.16. The molecule has 0 spiro atoms. The molecule has 16 heavy (non-hydrogen) atoms. The fourth-order valence-electron chi connectivity index (χ4n) is 1.74. The largest absolute Gasteiger partial charge is 0.399 e. The number of rotatable bonds is 3. The Bertz CT molecular complexity index is 364. The lowest BCUT2D eigenvalue weighted by Gasteiger charge is -2.26. The number of thioether (sulfide) groups is 1. The van der Waals surface area contributed by atoms with E-state index in [0.29, 0.717) is 5.75 Å². The Labute approximate surface area is 100.0 Å². The summed E-state index contributed by atoms with van der Waals surface area (Å²) in [4.78, 5) is 13.5. The maximum atomic E-state index is 11.6. The molecule has 1 aromatic carbocycles. The van der Waals surface area contributed by atoms with Crippen LogP contribution in [0.2, 0.25) is 0 Å². The highest BCUT2D eigenvalue weighted by Crippen LogP contribution is 2.12. The lowest BCUT2D eigenvalue weighted by atomic mass is 10.1. The van der Waals surface area contributed by atoms with Crippen LogP contribution in [0.25, 0.3) is 0 Å². The fourth-order valence-corrected chi connectivity index (χ4v) is 2.59. The minimum absolute atomic E-state index is 0.270. The molecule has 2 rings (SSSR count). The maximum absolute atomic E-state index is 11.6. The summed E-state index contributed by atoms with van der Waals surface area (Å²) in [7, 11) is 0. The number of amides is 1. The van der Waals surface area contributed by atoms with Gasteiger partial charge in [0.05, 0.1) is 5.75 Å². The molecule has 0 aliphatic carbocycles. The summed E-state index contributed by atoms with van der Waals surface area (Å²) in [5, 5.41) is 0. The standard InChI is InChI=1S/C12H16N2OS/c13-11-3-1-10(2-4-11)5-6-14-7-8-16-9-12(14)15/h1-4H,5-9,13H2. The Morgan fingerprint density at radius 3 is 2.75 bits per heavy atom. The molecule has 0 unspecified atom stereocenters. The van der Waals surface area contributed by atoms with Gasteiger partial charge in [-0.05, 0) is 24.1 Å². The van der Waals surface area contributed by atoms with Gasteiger partial charge < -0.3 is 10.6 Å². The Balaban J connectivity index is 1.86. The first kappa shape index (κ1) is 11.3. The van der Waals surface area contributed by atoms with Crippen molar-refractivity contribution in [3.63, 3.8) is 0 Å². The van der Waals surface area contributed by atoms with E-state index in [0.717, 1.165) is 31.0 Å². The predicted molar refractivity (Wildman–Crippen MR) is 68.5 cm³/mol. The average Bonchev–Trinajstić information content (AvgIpc) is 2.30. The number of hydrogen-bond donors (Lipinski definition) is 1. The molecule has 1 aliphatic rings. The second-order valence-corrected chi connectivity index (χ2v) is 5.03. The number of nitrogen functional groups attached to an aromatic ring is 1. The highest BCUT2D eigenvalue weighted by atomic mass is 32.2. The molecule has 3 nitrogen and oxygen atoms in total. The van der Waals surface area contributed by atoms with Crippen LogP contribution in [0.3, 0.4) is 0 Å². The van der Waals surface area contributed by atoms with Crippen molar-refractivity contribution < 1.29 is 4.79 Å². The molecule has 0 radical (unpaired) electrons. The summed E-state index contributed by atoms with van der Waals surface area (Å²) < 4.78 is 0. The smallest absolute Gasteiger partial charge is 0.232 e. The SMILES string of the molecule is Nc1ccc(CCN2CCSCC2=O)cc1. The summed E-state index contributed by atoms with van der Waals surface area (Å²) in [6.45, 7) is 1.71. The van der Waals surface area contributed by atoms with Crippen molar-refractivity contribution in [2.75, 3.05) is 30.3 Å². The zero-order valence-electron chi connectivity index (χ0n) is 9.19. The third kappa shape index (κ3) is 2.92. The molecule has 2 N–H and O–H groups in total. The van der Waals surface area contributed by atoms with Crippen LogP contribution >= 0.6 is 11.8 Å². The van der Waals surface area contributed by atoms with Gasteiger partial charge in [0.25, 0.3) is 0 Å². The first-order valence-electron chi connectivity index (χ1n) is 5.45. The number of carbonyl (C=O) groups excluding carboxylic acids is 1. The van der Waals surface area contributed by atoms with Crippen LogP contribution in [0, 0.1) is 0 Å². The highest BCUT2D eigenvalue weighted by Gasteiger charge is 2.17. The van der Waals surface area contributed by atoms with E-state index in [1.165, 1.54) is 5.56 Å². The van der Waals surface area contributed by atoms with E-state index < -0.39 is 0 Å². The summed E-state index contributed by atoms with van der Waals surface area (Å²) in [5.41, 5.74) is 7.64. The molecule has 0 bridgehead atoms. The minimum atomic E-state index is 0.270.